The summed E-state index contributed by atoms with van der Waals surface area (Å²) in [7, 11) is 0. The quantitative estimate of drug-likeness (QED) is 0.805. The monoisotopic (exact) mass is 291 g/mol. The first-order chi connectivity index (χ1) is 9.20. The molecule has 0 spiro atoms. The predicted octanol–water partition coefficient (Wildman–Crippen LogP) is 1.97. The van der Waals surface area contributed by atoms with Gasteiger partial charge >= 0.3 is 18.1 Å². The number of carboxylic acid groups (broad SMARTS) is 1. The van der Waals surface area contributed by atoms with Crippen LogP contribution in [0.25, 0.3) is 0 Å². The Bertz CT molecular complexity index is 583. The minimum Gasteiger partial charge on any atom is -0.478 e. The normalized spacial score (nSPS) is 14.9. The van der Waals surface area contributed by atoms with Crippen molar-refractivity contribution in [2.24, 2.45) is 0 Å². The van der Waals surface area contributed by atoms with Crippen molar-refractivity contribution >= 4 is 11.9 Å². The lowest BCUT2D eigenvalue weighted by molar-refractivity contribution is -0.186. The van der Waals surface area contributed by atoms with Crippen molar-refractivity contribution in [3.8, 4) is 0 Å². The van der Waals surface area contributed by atoms with Crippen LogP contribution in [0.15, 0.2) is 12.1 Å². The van der Waals surface area contributed by atoms with Gasteiger partial charge in [0.25, 0.3) is 0 Å². The second-order valence-electron chi connectivity index (χ2n) is 4.37. The van der Waals surface area contributed by atoms with Crippen molar-refractivity contribution in [2.75, 3.05) is 6.54 Å². The van der Waals surface area contributed by atoms with Crippen LogP contribution in [-0.4, -0.2) is 34.6 Å². The van der Waals surface area contributed by atoms with Crippen molar-refractivity contribution in [3.63, 3.8) is 0 Å². The summed E-state index contributed by atoms with van der Waals surface area (Å²) >= 11 is 0. The van der Waals surface area contributed by atoms with Crippen molar-refractivity contribution in [3.05, 3.63) is 34.6 Å². The number of hydrogen-bond acceptors (Lipinski definition) is 2. The van der Waals surface area contributed by atoms with Gasteiger partial charge in [0.15, 0.2) is 0 Å². The van der Waals surface area contributed by atoms with Crippen LogP contribution in [0.3, 0.4) is 0 Å². The molecule has 1 aromatic rings. The van der Waals surface area contributed by atoms with Gasteiger partial charge in [0.1, 0.15) is 5.82 Å². The molecule has 1 heterocycles. The summed E-state index contributed by atoms with van der Waals surface area (Å²) in [5, 5.41) is 8.96. The molecular formula is C12H9F4NO3. The summed E-state index contributed by atoms with van der Waals surface area (Å²) in [4.78, 5) is 22.7. The number of carbonyl (C=O) groups is 2. The molecule has 1 aliphatic heterocycles. The standard InChI is InChI=1S/C12H9F4NO3/c13-7-3-6-1-2-17(11(20)12(14,15)16)5-9(6)8(4-7)10(18)19/h3-4H,1-2,5H2,(H,18,19). The fourth-order valence-electron chi connectivity index (χ4n) is 2.17. The number of halogens is 4. The third kappa shape index (κ3) is 2.59. The van der Waals surface area contributed by atoms with Gasteiger partial charge in [-0.05, 0) is 29.7 Å². The molecule has 0 saturated heterocycles. The highest BCUT2D eigenvalue weighted by atomic mass is 19.4. The maximum atomic E-state index is 13.2. The first-order valence-electron chi connectivity index (χ1n) is 5.61. The Morgan fingerprint density at radius 1 is 1.25 bits per heavy atom. The molecule has 1 amide bonds. The first-order valence-corrected chi connectivity index (χ1v) is 5.61. The number of carboxylic acids is 1. The molecule has 2 rings (SSSR count). The molecule has 0 radical (unpaired) electrons. The molecule has 0 fully saturated rings. The number of alkyl halides is 3. The Balaban J connectivity index is 2.39. The van der Waals surface area contributed by atoms with Gasteiger partial charge in [0.05, 0.1) is 5.56 Å². The molecule has 1 aliphatic rings. The number of aromatic carboxylic acids is 1. The molecular weight excluding hydrogens is 282 g/mol. The van der Waals surface area contributed by atoms with Crippen molar-refractivity contribution in [1.82, 2.24) is 4.90 Å². The molecule has 0 aromatic heterocycles. The van der Waals surface area contributed by atoms with Gasteiger partial charge in [-0.3, -0.25) is 4.79 Å². The summed E-state index contributed by atoms with van der Waals surface area (Å²) in [5.74, 6) is -4.23. The van der Waals surface area contributed by atoms with Crippen molar-refractivity contribution in [1.29, 1.82) is 0 Å². The van der Waals surface area contributed by atoms with Crippen LogP contribution in [-0.2, 0) is 17.8 Å². The second kappa shape index (κ2) is 4.77. The molecule has 0 bridgehead atoms. The molecule has 0 unspecified atom stereocenters. The van der Waals surface area contributed by atoms with Crippen LogP contribution in [0.4, 0.5) is 17.6 Å². The Kier molecular flexibility index (Phi) is 3.41. The average Bonchev–Trinajstić information content (AvgIpc) is 2.35. The van der Waals surface area contributed by atoms with Crippen LogP contribution in [0.1, 0.15) is 21.5 Å². The summed E-state index contributed by atoms with van der Waals surface area (Å²) in [6.45, 7) is -0.719. The van der Waals surface area contributed by atoms with E-state index in [9.17, 15) is 27.2 Å². The van der Waals surface area contributed by atoms with Crippen LogP contribution < -0.4 is 0 Å². The lowest BCUT2D eigenvalue weighted by atomic mass is 9.94. The average molecular weight is 291 g/mol. The van der Waals surface area contributed by atoms with Crippen LogP contribution in [0, 0.1) is 5.82 Å². The van der Waals surface area contributed by atoms with Gasteiger partial charge in [0.2, 0.25) is 0 Å². The third-order valence-electron chi connectivity index (χ3n) is 3.07. The van der Waals surface area contributed by atoms with Crippen molar-refractivity contribution < 1.29 is 32.3 Å². The minimum atomic E-state index is -5.01. The summed E-state index contributed by atoms with van der Waals surface area (Å²) < 4.78 is 50.3. The van der Waals surface area contributed by atoms with E-state index < -0.39 is 36.0 Å². The molecule has 1 N–H and O–H groups in total. The van der Waals surface area contributed by atoms with E-state index in [-0.39, 0.29) is 18.5 Å². The van der Waals surface area contributed by atoms with Crippen LogP contribution in [0.2, 0.25) is 0 Å². The zero-order valence-electron chi connectivity index (χ0n) is 10.00. The molecule has 0 atom stereocenters. The highest BCUT2D eigenvalue weighted by Gasteiger charge is 2.43. The minimum absolute atomic E-state index is 0.0187. The molecule has 0 saturated carbocycles. The van der Waals surface area contributed by atoms with E-state index in [1.165, 1.54) is 0 Å². The van der Waals surface area contributed by atoms with E-state index in [0.29, 0.717) is 10.5 Å². The SMILES string of the molecule is O=C(O)c1cc(F)cc2c1CN(C(=O)C(F)(F)F)CC2. The third-order valence-corrected chi connectivity index (χ3v) is 3.07. The van der Waals surface area contributed by atoms with E-state index in [2.05, 4.69) is 0 Å². The van der Waals surface area contributed by atoms with E-state index >= 15 is 0 Å². The Labute approximate surface area is 110 Å². The highest BCUT2D eigenvalue weighted by molar-refractivity contribution is 5.90. The van der Waals surface area contributed by atoms with E-state index in [4.69, 9.17) is 5.11 Å². The Morgan fingerprint density at radius 3 is 2.45 bits per heavy atom. The molecule has 108 valence electrons. The number of fused-ring (bicyclic) bond motifs is 1. The van der Waals surface area contributed by atoms with E-state index in [1.54, 1.807) is 0 Å². The lowest BCUT2D eigenvalue weighted by Gasteiger charge is -2.30. The zero-order valence-corrected chi connectivity index (χ0v) is 10.00. The smallest absolute Gasteiger partial charge is 0.471 e. The fourth-order valence-corrected chi connectivity index (χ4v) is 2.17. The van der Waals surface area contributed by atoms with Crippen LogP contribution in [0.5, 0.6) is 0 Å². The molecule has 4 nitrogen and oxygen atoms in total. The Hall–Kier alpha value is -2.12. The number of carbonyl (C=O) groups excluding carboxylic acids is 1. The largest absolute Gasteiger partial charge is 0.478 e. The first kappa shape index (κ1) is 14.3. The maximum Gasteiger partial charge on any atom is 0.471 e. The van der Waals surface area contributed by atoms with Gasteiger partial charge < -0.3 is 10.0 Å². The maximum absolute atomic E-state index is 13.2. The summed E-state index contributed by atoms with van der Waals surface area (Å²) in [6, 6.07) is 1.82. The topological polar surface area (TPSA) is 57.6 Å². The van der Waals surface area contributed by atoms with Gasteiger partial charge in [-0.2, -0.15) is 13.2 Å². The van der Waals surface area contributed by atoms with Crippen molar-refractivity contribution in [2.45, 2.75) is 19.1 Å². The summed E-state index contributed by atoms with van der Waals surface area (Å²) in [5.41, 5.74) is -0.0592. The molecule has 1 aromatic carbocycles. The number of amides is 1. The van der Waals surface area contributed by atoms with Gasteiger partial charge in [-0.25, -0.2) is 9.18 Å². The number of benzene rings is 1. The zero-order chi connectivity index (χ0) is 15.1. The summed E-state index contributed by atoms with van der Waals surface area (Å²) in [6.07, 6.45) is -5.03. The predicted molar refractivity (Wildman–Crippen MR) is 58.5 cm³/mol. The molecule has 0 aliphatic carbocycles. The van der Waals surface area contributed by atoms with E-state index in [1.807, 2.05) is 0 Å². The number of hydrogen-bond donors (Lipinski definition) is 1. The number of rotatable bonds is 1. The number of nitrogens with zero attached hydrogens (tertiary/aromatic N) is 1. The second-order valence-corrected chi connectivity index (χ2v) is 4.37. The van der Waals surface area contributed by atoms with Gasteiger partial charge in [-0.15, -0.1) is 0 Å². The van der Waals surface area contributed by atoms with Gasteiger partial charge in [0, 0.05) is 13.1 Å². The Morgan fingerprint density at radius 2 is 1.90 bits per heavy atom. The highest BCUT2D eigenvalue weighted by Crippen LogP contribution is 2.27. The molecule has 8 heteroatoms. The lowest BCUT2D eigenvalue weighted by Crippen LogP contribution is -2.44. The fraction of sp³-hybridized carbons (Fsp3) is 0.333. The van der Waals surface area contributed by atoms with Crippen LogP contribution >= 0.6 is 0 Å². The molecule has 20 heavy (non-hydrogen) atoms. The van der Waals surface area contributed by atoms with Gasteiger partial charge in [-0.1, -0.05) is 0 Å². The van der Waals surface area contributed by atoms with E-state index in [0.717, 1.165) is 12.1 Å².